The van der Waals surface area contributed by atoms with E-state index in [2.05, 4.69) is 160 Å². The molecule has 0 aliphatic carbocycles. The quantitative estimate of drug-likeness (QED) is 0.173. The van der Waals surface area contributed by atoms with Crippen molar-refractivity contribution in [2.45, 2.75) is 6.92 Å². The van der Waals surface area contributed by atoms with Crippen LogP contribution in [0.4, 0.5) is 17.1 Å². The Kier molecular flexibility index (Phi) is 7.29. The lowest BCUT2D eigenvalue weighted by molar-refractivity contribution is 0.584. The first-order valence-electron chi connectivity index (χ1n) is 16.7. The Hall–Kier alpha value is -6.72. The van der Waals surface area contributed by atoms with Gasteiger partial charge in [-0.1, -0.05) is 90.5 Å². The number of fused-ring (bicyclic) bond motifs is 3. The fraction of sp³-hybridized carbons (Fsp3) is 0.0222. The number of aryl methyl sites for hydroxylation is 1. The van der Waals surface area contributed by atoms with Crippen molar-refractivity contribution in [1.29, 1.82) is 0 Å². The van der Waals surface area contributed by atoms with Crippen LogP contribution in [0.15, 0.2) is 180 Å². The Morgan fingerprint density at radius 2 is 0.940 bits per heavy atom. The third kappa shape index (κ3) is 5.31. The zero-order valence-corrected chi connectivity index (χ0v) is 27.4. The van der Waals surface area contributed by atoms with Gasteiger partial charge in [-0.3, -0.25) is 0 Å². The SMILES string of the molecule is Cc1ccc(N(c2ccc(-c3ccc4c(c3)c3ccccc3n4-c3ccccc3)cc2)c2ccc(-c3nnc(-c4ccccc4)o3)cc2)cc1. The molecule has 238 valence electrons. The molecule has 50 heavy (non-hydrogen) atoms. The van der Waals surface area contributed by atoms with E-state index < -0.39 is 0 Å². The van der Waals surface area contributed by atoms with E-state index in [-0.39, 0.29) is 0 Å². The summed E-state index contributed by atoms with van der Waals surface area (Å²) in [6.07, 6.45) is 0. The van der Waals surface area contributed by atoms with E-state index in [9.17, 15) is 0 Å². The van der Waals surface area contributed by atoms with Crippen molar-refractivity contribution in [3.8, 4) is 39.7 Å². The van der Waals surface area contributed by atoms with E-state index in [0.717, 1.165) is 39.4 Å². The highest BCUT2D eigenvalue weighted by Gasteiger charge is 2.16. The summed E-state index contributed by atoms with van der Waals surface area (Å²) < 4.78 is 8.38. The van der Waals surface area contributed by atoms with Crippen LogP contribution in [0.25, 0.3) is 61.5 Å². The Labute approximate surface area is 290 Å². The summed E-state index contributed by atoms with van der Waals surface area (Å²) in [6, 6.07) is 61.6. The first-order valence-corrected chi connectivity index (χ1v) is 16.7. The molecule has 0 radical (unpaired) electrons. The molecule has 0 aliphatic heterocycles. The second-order valence-electron chi connectivity index (χ2n) is 12.5. The highest BCUT2D eigenvalue weighted by atomic mass is 16.4. The Morgan fingerprint density at radius 3 is 1.60 bits per heavy atom. The normalized spacial score (nSPS) is 11.3. The summed E-state index contributed by atoms with van der Waals surface area (Å²) in [5.41, 5.74) is 12.1. The maximum absolute atomic E-state index is 6.03. The molecule has 5 heteroatoms. The Bertz CT molecular complexity index is 2570. The van der Waals surface area contributed by atoms with Gasteiger partial charge in [0.2, 0.25) is 11.8 Å². The standard InChI is InChI=1S/C45H32N4O/c1-31-16-23-37(24-17-31)48(39-27-20-34(21-28-39)45-47-46-44(50-45)33-10-4-2-5-11-33)38-25-18-32(19-26-38)35-22-29-43-41(30-35)40-14-8-9-15-42(40)49(43)36-12-6-3-7-13-36/h2-30H,1H3. The van der Waals surface area contributed by atoms with Crippen LogP contribution in [0, 0.1) is 6.92 Å². The lowest BCUT2D eigenvalue weighted by Crippen LogP contribution is -2.09. The number of para-hydroxylation sites is 2. The molecule has 2 heterocycles. The summed E-state index contributed by atoms with van der Waals surface area (Å²) >= 11 is 0. The molecule has 0 amide bonds. The smallest absolute Gasteiger partial charge is 0.248 e. The first kappa shape index (κ1) is 29.4. The van der Waals surface area contributed by atoms with E-state index in [4.69, 9.17) is 4.42 Å². The number of nitrogens with zero attached hydrogens (tertiary/aromatic N) is 4. The molecule has 5 nitrogen and oxygen atoms in total. The van der Waals surface area contributed by atoms with Crippen LogP contribution in [0.5, 0.6) is 0 Å². The van der Waals surface area contributed by atoms with E-state index in [1.165, 1.54) is 32.9 Å². The molecule has 0 bridgehead atoms. The average Bonchev–Trinajstić information content (AvgIpc) is 3.81. The summed E-state index contributed by atoms with van der Waals surface area (Å²) in [7, 11) is 0. The lowest BCUT2D eigenvalue weighted by atomic mass is 10.0. The van der Waals surface area contributed by atoms with E-state index >= 15 is 0 Å². The fourth-order valence-corrected chi connectivity index (χ4v) is 6.74. The number of hydrogen-bond donors (Lipinski definition) is 0. The molecule has 0 saturated carbocycles. The number of benzene rings is 7. The number of hydrogen-bond acceptors (Lipinski definition) is 4. The predicted molar refractivity (Wildman–Crippen MR) is 204 cm³/mol. The highest BCUT2D eigenvalue weighted by molar-refractivity contribution is 6.10. The molecule has 0 spiro atoms. The van der Waals surface area contributed by atoms with Crippen LogP contribution in [-0.4, -0.2) is 14.8 Å². The van der Waals surface area contributed by atoms with Crippen molar-refractivity contribution < 1.29 is 4.42 Å². The molecule has 0 fully saturated rings. The van der Waals surface area contributed by atoms with Crippen LogP contribution < -0.4 is 4.90 Å². The van der Waals surface area contributed by atoms with Crippen molar-refractivity contribution in [2.24, 2.45) is 0 Å². The van der Waals surface area contributed by atoms with Gasteiger partial charge in [-0.2, -0.15) is 0 Å². The van der Waals surface area contributed by atoms with Gasteiger partial charge in [0, 0.05) is 44.6 Å². The monoisotopic (exact) mass is 644 g/mol. The Balaban J connectivity index is 1.06. The fourth-order valence-electron chi connectivity index (χ4n) is 6.74. The van der Waals surface area contributed by atoms with Crippen LogP contribution >= 0.6 is 0 Å². The summed E-state index contributed by atoms with van der Waals surface area (Å²) in [4.78, 5) is 2.27. The predicted octanol–water partition coefficient (Wildman–Crippen LogP) is 11.9. The molecule has 0 N–H and O–H groups in total. The van der Waals surface area contributed by atoms with Gasteiger partial charge in [-0.15, -0.1) is 10.2 Å². The zero-order chi connectivity index (χ0) is 33.4. The van der Waals surface area contributed by atoms with Gasteiger partial charge in [0.15, 0.2) is 0 Å². The minimum atomic E-state index is 0.491. The minimum Gasteiger partial charge on any atom is -0.416 e. The molecule has 9 aromatic rings. The van der Waals surface area contributed by atoms with E-state index in [1.807, 2.05) is 42.5 Å². The van der Waals surface area contributed by atoms with Crippen LogP contribution in [0.2, 0.25) is 0 Å². The van der Waals surface area contributed by atoms with Gasteiger partial charge in [0.25, 0.3) is 0 Å². The molecular weight excluding hydrogens is 613 g/mol. The van der Waals surface area contributed by atoms with Crippen molar-refractivity contribution >= 4 is 38.9 Å². The molecule has 0 aliphatic rings. The van der Waals surface area contributed by atoms with Crippen LogP contribution in [-0.2, 0) is 0 Å². The van der Waals surface area contributed by atoms with E-state index in [1.54, 1.807) is 0 Å². The Morgan fingerprint density at radius 1 is 0.440 bits per heavy atom. The number of aromatic nitrogens is 3. The van der Waals surface area contributed by atoms with Crippen molar-refractivity contribution in [2.75, 3.05) is 4.90 Å². The number of anilines is 3. The van der Waals surface area contributed by atoms with Gasteiger partial charge in [-0.25, -0.2) is 0 Å². The summed E-state index contributed by atoms with van der Waals surface area (Å²) in [5.74, 6) is 0.998. The third-order valence-electron chi connectivity index (χ3n) is 9.26. The van der Waals surface area contributed by atoms with Gasteiger partial charge in [-0.05, 0) is 109 Å². The molecule has 0 unspecified atom stereocenters. The van der Waals surface area contributed by atoms with Gasteiger partial charge in [0.05, 0.1) is 11.0 Å². The molecule has 7 aromatic carbocycles. The highest BCUT2D eigenvalue weighted by Crippen LogP contribution is 2.39. The largest absolute Gasteiger partial charge is 0.416 e. The van der Waals surface area contributed by atoms with Crippen molar-refractivity contribution in [3.63, 3.8) is 0 Å². The van der Waals surface area contributed by atoms with E-state index in [0.29, 0.717) is 11.8 Å². The molecule has 2 aromatic heterocycles. The summed E-state index contributed by atoms with van der Waals surface area (Å²) in [6.45, 7) is 2.11. The molecule has 0 saturated heterocycles. The second kappa shape index (κ2) is 12.4. The molecule has 9 rings (SSSR count). The zero-order valence-electron chi connectivity index (χ0n) is 27.4. The van der Waals surface area contributed by atoms with Crippen LogP contribution in [0.1, 0.15) is 5.56 Å². The first-order chi connectivity index (χ1) is 24.7. The third-order valence-corrected chi connectivity index (χ3v) is 9.26. The summed E-state index contributed by atoms with van der Waals surface area (Å²) in [5, 5.41) is 11.1. The second-order valence-corrected chi connectivity index (χ2v) is 12.5. The maximum atomic E-state index is 6.03. The minimum absolute atomic E-state index is 0.491. The van der Waals surface area contributed by atoms with Crippen LogP contribution in [0.3, 0.4) is 0 Å². The van der Waals surface area contributed by atoms with Gasteiger partial charge < -0.3 is 13.9 Å². The maximum Gasteiger partial charge on any atom is 0.248 e. The van der Waals surface area contributed by atoms with Gasteiger partial charge >= 0.3 is 0 Å². The average molecular weight is 645 g/mol. The van der Waals surface area contributed by atoms with Crippen molar-refractivity contribution in [3.05, 3.63) is 181 Å². The van der Waals surface area contributed by atoms with Gasteiger partial charge in [0.1, 0.15) is 0 Å². The molecular formula is C45H32N4O. The molecule has 0 atom stereocenters. The topological polar surface area (TPSA) is 47.1 Å². The number of rotatable bonds is 7. The van der Waals surface area contributed by atoms with Crippen molar-refractivity contribution in [1.82, 2.24) is 14.8 Å². The lowest BCUT2D eigenvalue weighted by Gasteiger charge is -2.26.